The van der Waals surface area contributed by atoms with E-state index < -0.39 is 0 Å². The summed E-state index contributed by atoms with van der Waals surface area (Å²) >= 11 is 0. The van der Waals surface area contributed by atoms with Crippen LogP contribution in [0.15, 0.2) is 66.7 Å². The molecule has 2 atom stereocenters. The summed E-state index contributed by atoms with van der Waals surface area (Å²) in [6.07, 6.45) is 3.53. The number of likely N-dealkylation sites (tertiary alicyclic amines) is 1. The lowest BCUT2D eigenvalue weighted by molar-refractivity contribution is 0.125. The van der Waals surface area contributed by atoms with Crippen LogP contribution >= 0.6 is 0 Å². The summed E-state index contributed by atoms with van der Waals surface area (Å²) in [5.41, 5.74) is 4.71. The largest absolute Gasteiger partial charge is 0.508 e. The van der Waals surface area contributed by atoms with Crippen molar-refractivity contribution >= 4 is 11.1 Å². The van der Waals surface area contributed by atoms with E-state index in [1.807, 2.05) is 43.3 Å². The summed E-state index contributed by atoms with van der Waals surface area (Å²) in [5.74, 6) is 1.97. The second-order valence-corrected chi connectivity index (χ2v) is 9.59. The van der Waals surface area contributed by atoms with Gasteiger partial charge in [0, 0.05) is 17.2 Å². The molecule has 182 valence electrons. The first kappa shape index (κ1) is 23.3. The Kier molecular flexibility index (Phi) is 6.69. The Hall–Kier alpha value is -3.44. The van der Waals surface area contributed by atoms with E-state index in [9.17, 15) is 10.2 Å². The molecule has 2 N–H and O–H groups in total. The van der Waals surface area contributed by atoms with Crippen LogP contribution in [0.25, 0.3) is 11.1 Å². The van der Waals surface area contributed by atoms with E-state index in [-0.39, 0.29) is 17.6 Å². The van der Waals surface area contributed by atoms with Crippen LogP contribution in [0.5, 0.6) is 23.0 Å². The van der Waals surface area contributed by atoms with E-state index in [1.54, 1.807) is 30.3 Å². The fourth-order valence-electron chi connectivity index (χ4n) is 5.14. The van der Waals surface area contributed by atoms with Crippen LogP contribution in [0.3, 0.4) is 0 Å². The molecule has 1 saturated heterocycles. The van der Waals surface area contributed by atoms with Crippen molar-refractivity contribution in [2.24, 2.45) is 0 Å². The van der Waals surface area contributed by atoms with Crippen LogP contribution < -0.4 is 9.47 Å². The molecule has 0 spiro atoms. The van der Waals surface area contributed by atoms with Gasteiger partial charge in [0.25, 0.3) is 0 Å². The topological polar surface area (TPSA) is 62.2 Å². The Morgan fingerprint density at radius 1 is 0.943 bits per heavy atom. The first-order valence-electron chi connectivity index (χ1n) is 12.5. The van der Waals surface area contributed by atoms with Gasteiger partial charge in [-0.1, -0.05) is 30.7 Å². The van der Waals surface area contributed by atoms with Crippen LogP contribution in [0.4, 0.5) is 0 Å². The van der Waals surface area contributed by atoms with E-state index >= 15 is 0 Å². The van der Waals surface area contributed by atoms with Crippen molar-refractivity contribution in [3.63, 3.8) is 0 Å². The van der Waals surface area contributed by atoms with Crippen molar-refractivity contribution in [1.29, 1.82) is 0 Å². The van der Waals surface area contributed by atoms with Gasteiger partial charge in [-0.15, -0.1) is 0 Å². The summed E-state index contributed by atoms with van der Waals surface area (Å²) in [5, 5.41) is 20.2. The lowest BCUT2D eigenvalue weighted by Crippen LogP contribution is -2.40. The van der Waals surface area contributed by atoms with Gasteiger partial charge in [-0.05, 0) is 98.9 Å². The highest BCUT2D eigenvalue weighted by molar-refractivity contribution is 5.95. The van der Waals surface area contributed by atoms with Gasteiger partial charge < -0.3 is 19.7 Å². The number of hydrogen-bond acceptors (Lipinski definition) is 5. The molecule has 0 bridgehead atoms. The predicted molar refractivity (Wildman–Crippen MR) is 139 cm³/mol. The molecule has 2 aliphatic rings. The maximum absolute atomic E-state index is 10.1. The van der Waals surface area contributed by atoms with Crippen LogP contribution in [0, 0.1) is 0 Å². The van der Waals surface area contributed by atoms with Crippen LogP contribution in [0.1, 0.15) is 55.9 Å². The maximum atomic E-state index is 10.1. The number of piperidine rings is 1. The fourth-order valence-corrected chi connectivity index (χ4v) is 5.14. The van der Waals surface area contributed by atoms with Gasteiger partial charge in [-0.2, -0.15) is 0 Å². The van der Waals surface area contributed by atoms with E-state index in [2.05, 4.69) is 11.8 Å². The van der Waals surface area contributed by atoms with Crippen molar-refractivity contribution in [3.8, 4) is 23.0 Å². The van der Waals surface area contributed by atoms with Gasteiger partial charge in [0.1, 0.15) is 35.7 Å². The number of aromatic hydroxyl groups is 2. The monoisotopic (exact) mass is 471 g/mol. The molecule has 0 aliphatic carbocycles. The highest BCUT2D eigenvalue weighted by Crippen LogP contribution is 2.47. The summed E-state index contributed by atoms with van der Waals surface area (Å²) in [7, 11) is 0. The molecule has 3 aromatic carbocycles. The van der Waals surface area contributed by atoms with Crippen molar-refractivity contribution < 1.29 is 19.7 Å². The average molecular weight is 472 g/mol. The molecule has 1 fully saturated rings. The molecule has 0 aromatic heterocycles. The van der Waals surface area contributed by atoms with Gasteiger partial charge in [0.2, 0.25) is 0 Å². The molecule has 2 heterocycles. The number of hydrogen-bond donors (Lipinski definition) is 2. The third kappa shape index (κ3) is 5.01. The van der Waals surface area contributed by atoms with E-state index in [4.69, 9.17) is 9.47 Å². The molecule has 5 rings (SSSR count). The summed E-state index contributed by atoms with van der Waals surface area (Å²) in [6.45, 7) is 7.26. The maximum Gasteiger partial charge on any atom is 0.150 e. The van der Waals surface area contributed by atoms with Crippen LogP contribution in [-0.4, -0.2) is 40.9 Å². The minimum absolute atomic E-state index is 0.195. The molecular formula is C30H33NO4. The molecule has 1 unspecified atom stereocenters. The predicted octanol–water partition coefficient (Wildman–Crippen LogP) is 6.42. The first-order valence-corrected chi connectivity index (χ1v) is 12.5. The highest BCUT2D eigenvalue weighted by atomic mass is 16.5. The number of ether oxygens (including phenoxy) is 2. The quantitative estimate of drug-likeness (QED) is 0.435. The number of rotatable bonds is 6. The molecule has 0 amide bonds. The molecule has 3 aromatic rings. The lowest BCUT2D eigenvalue weighted by atomic mass is 9.86. The Morgan fingerprint density at radius 3 is 2.43 bits per heavy atom. The number of fused-ring (bicyclic) bond motifs is 1. The van der Waals surface area contributed by atoms with Crippen LogP contribution in [0.2, 0.25) is 0 Å². The summed E-state index contributed by atoms with van der Waals surface area (Å²) in [4.78, 5) is 2.51. The zero-order valence-electron chi connectivity index (χ0n) is 20.4. The van der Waals surface area contributed by atoms with Crippen molar-refractivity contribution in [2.75, 3.05) is 19.7 Å². The molecular weight excluding hydrogens is 438 g/mol. The minimum atomic E-state index is -0.352. The average Bonchev–Trinajstić information content (AvgIpc) is 2.88. The second-order valence-electron chi connectivity index (χ2n) is 9.59. The normalized spacial score (nSPS) is 19.1. The van der Waals surface area contributed by atoms with Crippen molar-refractivity contribution in [1.82, 2.24) is 4.90 Å². The molecule has 0 radical (unpaired) electrons. The Labute approximate surface area is 207 Å². The minimum Gasteiger partial charge on any atom is -0.508 e. The highest BCUT2D eigenvalue weighted by Gasteiger charge is 2.29. The van der Waals surface area contributed by atoms with Gasteiger partial charge in [0.15, 0.2) is 0 Å². The van der Waals surface area contributed by atoms with E-state index in [0.717, 1.165) is 52.4 Å². The molecule has 5 heteroatoms. The lowest BCUT2D eigenvalue weighted by Gasteiger charge is -2.32. The Bertz CT molecular complexity index is 1210. The van der Waals surface area contributed by atoms with Crippen molar-refractivity contribution in [3.05, 3.63) is 83.4 Å². The third-order valence-corrected chi connectivity index (χ3v) is 7.12. The van der Waals surface area contributed by atoms with Gasteiger partial charge in [-0.3, -0.25) is 4.90 Å². The van der Waals surface area contributed by atoms with Crippen molar-refractivity contribution in [2.45, 2.75) is 45.3 Å². The number of phenolic OH excluding ortho intramolecular Hbond substituents is 2. The first-order chi connectivity index (χ1) is 17.0. The van der Waals surface area contributed by atoms with Gasteiger partial charge in [-0.25, -0.2) is 0 Å². The molecule has 0 saturated carbocycles. The zero-order valence-corrected chi connectivity index (χ0v) is 20.4. The van der Waals surface area contributed by atoms with Crippen LogP contribution in [-0.2, 0) is 0 Å². The Balaban J connectivity index is 1.40. The number of nitrogens with zero attached hydrogens (tertiary/aromatic N) is 1. The summed E-state index contributed by atoms with van der Waals surface area (Å²) < 4.78 is 12.6. The third-order valence-electron chi connectivity index (χ3n) is 7.12. The summed E-state index contributed by atoms with van der Waals surface area (Å²) in [6, 6.07) is 20.9. The standard InChI is InChI=1S/C30H33NO4/c1-20(31-15-4-3-5-16-31)19-34-26-12-9-22(10-13-26)30-29(23-7-6-8-24(32)17-23)21(2)27-18-25(33)11-14-28(27)35-30/h6-14,17-18,20,30,32-33H,3-5,15-16,19H2,1-2H3/t20-,30?/m0/s1. The van der Waals surface area contributed by atoms with E-state index in [1.165, 1.54) is 19.3 Å². The fraction of sp³-hybridized carbons (Fsp3) is 0.333. The SMILES string of the molecule is CC1=C(c2cccc(O)c2)C(c2ccc(OC[C@H](C)N3CCCCC3)cc2)Oc2ccc(O)cc21. The molecule has 2 aliphatic heterocycles. The van der Waals surface area contributed by atoms with Gasteiger partial charge >= 0.3 is 0 Å². The second kappa shape index (κ2) is 10.0. The molecule has 35 heavy (non-hydrogen) atoms. The number of benzene rings is 3. The smallest absolute Gasteiger partial charge is 0.150 e. The molecule has 5 nitrogen and oxygen atoms in total. The number of allylic oxidation sites excluding steroid dienone is 1. The Morgan fingerprint density at radius 2 is 1.69 bits per heavy atom. The zero-order chi connectivity index (χ0) is 24.4. The van der Waals surface area contributed by atoms with Gasteiger partial charge in [0.05, 0.1) is 0 Å². The van der Waals surface area contributed by atoms with E-state index in [0.29, 0.717) is 12.6 Å². The number of phenols is 2.